The summed E-state index contributed by atoms with van der Waals surface area (Å²) in [4.78, 5) is 6.48. The Bertz CT molecular complexity index is 533. The molecule has 0 fully saturated rings. The van der Waals surface area contributed by atoms with Gasteiger partial charge >= 0.3 is 0 Å². The molecule has 5 heteroatoms. The van der Waals surface area contributed by atoms with Gasteiger partial charge in [-0.15, -0.1) is 0 Å². The van der Waals surface area contributed by atoms with Gasteiger partial charge in [-0.3, -0.25) is 4.40 Å². The maximum absolute atomic E-state index is 9.15. The van der Waals surface area contributed by atoms with E-state index in [1.165, 1.54) is 0 Å². The Labute approximate surface area is 100 Å². The third-order valence-corrected chi connectivity index (χ3v) is 2.84. The van der Waals surface area contributed by atoms with Gasteiger partial charge in [0.25, 0.3) is 0 Å². The van der Waals surface area contributed by atoms with Gasteiger partial charge in [0, 0.05) is 14.1 Å². The van der Waals surface area contributed by atoms with E-state index in [2.05, 4.69) is 4.98 Å². The third-order valence-electron chi connectivity index (χ3n) is 2.84. The summed E-state index contributed by atoms with van der Waals surface area (Å²) in [6.07, 6.45) is 0. The molecule has 92 valence electrons. The van der Waals surface area contributed by atoms with Crippen molar-refractivity contribution < 1.29 is 5.11 Å². The fraction of sp³-hybridized carbons (Fsp3) is 0.417. The number of aliphatic hydroxyl groups excluding tert-OH is 1. The molecule has 5 nitrogen and oxygen atoms in total. The molecule has 0 aromatic carbocycles. The predicted octanol–water partition coefficient (Wildman–Crippen LogP) is 0.701. The van der Waals surface area contributed by atoms with Crippen molar-refractivity contribution in [3.05, 3.63) is 29.7 Å². The van der Waals surface area contributed by atoms with Crippen LogP contribution in [-0.2, 0) is 0 Å². The van der Waals surface area contributed by atoms with Crippen LogP contribution in [0.25, 0.3) is 5.52 Å². The normalized spacial score (nSPS) is 13.0. The lowest BCUT2D eigenvalue weighted by Crippen LogP contribution is -2.16. The second kappa shape index (κ2) is 4.35. The van der Waals surface area contributed by atoms with Gasteiger partial charge in [-0.05, 0) is 19.1 Å². The van der Waals surface area contributed by atoms with Gasteiger partial charge in [0.15, 0.2) is 0 Å². The van der Waals surface area contributed by atoms with Crippen LogP contribution in [0.2, 0.25) is 0 Å². The molecule has 2 heterocycles. The number of nitrogens with two attached hydrogens (primary N) is 1. The number of imidazole rings is 1. The minimum absolute atomic E-state index is 0.0989. The van der Waals surface area contributed by atoms with E-state index in [1.807, 2.05) is 48.5 Å². The predicted molar refractivity (Wildman–Crippen MR) is 68.3 cm³/mol. The SMILES string of the molecule is Cc1nc(C(N)CO)c2cccc(N(C)C)n12. The van der Waals surface area contributed by atoms with Crippen LogP contribution in [0, 0.1) is 6.92 Å². The van der Waals surface area contributed by atoms with Crippen molar-refractivity contribution in [3.63, 3.8) is 0 Å². The molecule has 0 amide bonds. The van der Waals surface area contributed by atoms with E-state index in [0.717, 1.165) is 22.9 Å². The van der Waals surface area contributed by atoms with Crippen molar-refractivity contribution in [1.29, 1.82) is 0 Å². The monoisotopic (exact) mass is 234 g/mol. The largest absolute Gasteiger partial charge is 0.394 e. The van der Waals surface area contributed by atoms with Crippen molar-refractivity contribution in [1.82, 2.24) is 9.38 Å². The molecule has 0 aliphatic rings. The number of aromatic nitrogens is 2. The molecule has 1 unspecified atom stereocenters. The molecule has 0 saturated carbocycles. The zero-order chi connectivity index (χ0) is 12.6. The molecule has 2 aromatic rings. The maximum Gasteiger partial charge on any atom is 0.114 e. The van der Waals surface area contributed by atoms with Crippen molar-refractivity contribution >= 4 is 11.3 Å². The molecule has 2 rings (SSSR count). The summed E-state index contributed by atoms with van der Waals surface area (Å²) < 4.78 is 2.05. The number of aliphatic hydroxyl groups is 1. The second-order valence-corrected chi connectivity index (χ2v) is 4.33. The summed E-state index contributed by atoms with van der Waals surface area (Å²) in [5.41, 5.74) is 7.56. The first-order valence-corrected chi connectivity index (χ1v) is 5.58. The molecule has 0 aliphatic carbocycles. The Morgan fingerprint density at radius 2 is 2.18 bits per heavy atom. The zero-order valence-corrected chi connectivity index (χ0v) is 10.4. The summed E-state index contributed by atoms with van der Waals surface area (Å²) in [5.74, 6) is 1.92. The molecule has 0 bridgehead atoms. The van der Waals surface area contributed by atoms with E-state index in [9.17, 15) is 0 Å². The quantitative estimate of drug-likeness (QED) is 0.820. The lowest BCUT2D eigenvalue weighted by Gasteiger charge is -2.15. The first-order chi connectivity index (χ1) is 8.06. The molecule has 0 saturated heterocycles. The average Bonchev–Trinajstić information content (AvgIpc) is 2.66. The standard InChI is InChI=1S/C12H18N4O/c1-8-14-12(9(13)7-17)10-5-4-6-11(15(2)3)16(8)10/h4-6,9,17H,7,13H2,1-3H3. The Morgan fingerprint density at radius 3 is 2.76 bits per heavy atom. The van der Waals surface area contributed by atoms with Crippen LogP contribution in [0.5, 0.6) is 0 Å². The molecule has 3 N–H and O–H groups in total. The number of hydrogen-bond acceptors (Lipinski definition) is 4. The highest BCUT2D eigenvalue weighted by atomic mass is 16.3. The Morgan fingerprint density at radius 1 is 1.47 bits per heavy atom. The van der Waals surface area contributed by atoms with Crippen LogP contribution in [0.15, 0.2) is 18.2 Å². The highest BCUT2D eigenvalue weighted by molar-refractivity contribution is 5.61. The van der Waals surface area contributed by atoms with E-state index < -0.39 is 6.04 Å². The van der Waals surface area contributed by atoms with Crippen LogP contribution < -0.4 is 10.6 Å². The number of nitrogens with zero attached hydrogens (tertiary/aromatic N) is 3. The second-order valence-electron chi connectivity index (χ2n) is 4.33. The van der Waals surface area contributed by atoms with Gasteiger partial charge in [-0.25, -0.2) is 4.98 Å². The number of hydrogen-bond donors (Lipinski definition) is 2. The summed E-state index contributed by atoms with van der Waals surface area (Å²) in [7, 11) is 3.97. The van der Waals surface area contributed by atoms with E-state index in [1.54, 1.807) is 0 Å². The van der Waals surface area contributed by atoms with Crippen molar-refractivity contribution in [2.24, 2.45) is 5.73 Å². The van der Waals surface area contributed by atoms with E-state index >= 15 is 0 Å². The van der Waals surface area contributed by atoms with Crippen LogP contribution in [0.3, 0.4) is 0 Å². The molecule has 0 spiro atoms. The molecular formula is C12H18N4O. The van der Waals surface area contributed by atoms with E-state index in [-0.39, 0.29) is 6.61 Å². The van der Waals surface area contributed by atoms with Crippen LogP contribution in [0.1, 0.15) is 17.6 Å². The fourth-order valence-electron chi connectivity index (χ4n) is 2.03. The van der Waals surface area contributed by atoms with Crippen molar-refractivity contribution in [2.75, 3.05) is 25.6 Å². The highest BCUT2D eigenvalue weighted by Gasteiger charge is 2.16. The number of fused-ring (bicyclic) bond motifs is 1. The van der Waals surface area contributed by atoms with Gasteiger partial charge in [0.1, 0.15) is 11.6 Å². The maximum atomic E-state index is 9.15. The van der Waals surface area contributed by atoms with E-state index in [4.69, 9.17) is 10.8 Å². The van der Waals surface area contributed by atoms with Crippen LogP contribution >= 0.6 is 0 Å². The fourth-order valence-corrected chi connectivity index (χ4v) is 2.03. The lowest BCUT2D eigenvalue weighted by molar-refractivity contribution is 0.266. The van der Waals surface area contributed by atoms with E-state index in [0.29, 0.717) is 0 Å². The molecule has 0 aliphatic heterocycles. The number of pyridine rings is 1. The lowest BCUT2D eigenvalue weighted by atomic mass is 10.2. The van der Waals surface area contributed by atoms with Crippen LogP contribution in [-0.4, -0.2) is 35.2 Å². The number of anilines is 1. The topological polar surface area (TPSA) is 66.8 Å². The minimum atomic E-state index is -0.434. The van der Waals surface area contributed by atoms with Gasteiger partial charge < -0.3 is 15.7 Å². The summed E-state index contributed by atoms with van der Waals surface area (Å²) in [6.45, 7) is 1.84. The van der Waals surface area contributed by atoms with Crippen LogP contribution in [0.4, 0.5) is 5.82 Å². The zero-order valence-electron chi connectivity index (χ0n) is 10.4. The minimum Gasteiger partial charge on any atom is -0.394 e. The Balaban J connectivity index is 2.72. The number of aryl methyl sites for hydroxylation is 1. The Kier molecular flexibility index (Phi) is 3.04. The molecule has 1 atom stereocenters. The summed E-state index contributed by atoms with van der Waals surface area (Å²) >= 11 is 0. The summed E-state index contributed by atoms with van der Waals surface area (Å²) in [5, 5.41) is 9.15. The number of rotatable bonds is 3. The summed E-state index contributed by atoms with van der Waals surface area (Å²) in [6, 6.07) is 5.53. The van der Waals surface area contributed by atoms with Gasteiger partial charge in [-0.2, -0.15) is 0 Å². The Hall–Kier alpha value is -1.59. The molecule has 0 radical (unpaired) electrons. The first-order valence-electron chi connectivity index (χ1n) is 5.58. The van der Waals surface area contributed by atoms with Crippen molar-refractivity contribution in [3.8, 4) is 0 Å². The van der Waals surface area contributed by atoms with Gasteiger partial charge in [0.05, 0.1) is 23.9 Å². The average molecular weight is 234 g/mol. The van der Waals surface area contributed by atoms with Gasteiger partial charge in [-0.1, -0.05) is 6.07 Å². The van der Waals surface area contributed by atoms with Crippen molar-refractivity contribution in [2.45, 2.75) is 13.0 Å². The molecule has 2 aromatic heterocycles. The highest BCUT2D eigenvalue weighted by Crippen LogP contribution is 2.23. The molecular weight excluding hydrogens is 216 g/mol. The van der Waals surface area contributed by atoms with Gasteiger partial charge in [0.2, 0.25) is 0 Å². The first kappa shape index (κ1) is 11.9. The third kappa shape index (κ3) is 1.87. The molecule has 17 heavy (non-hydrogen) atoms. The smallest absolute Gasteiger partial charge is 0.114 e.